The summed E-state index contributed by atoms with van der Waals surface area (Å²) in [5.74, 6) is -0.0446. The van der Waals surface area contributed by atoms with Gasteiger partial charge in [-0.05, 0) is 61.5 Å². The van der Waals surface area contributed by atoms with Crippen LogP contribution in [0.3, 0.4) is 0 Å². The number of nitrogens with two attached hydrogens (primary N) is 1. The number of carbonyl (C=O) groups is 2. The van der Waals surface area contributed by atoms with E-state index in [4.69, 9.17) is 5.73 Å². The molecule has 1 aromatic heterocycles. The molecule has 1 atom stereocenters. The summed E-state index contributed by atoms with van der Waals surface area (Å²) in [7, 11) is 0. The first-order chi connectivity index (χ1) is 14.5. The molecule has 156 valence electrons. The Labute approximate surface area is 181 Å². The number of hydrogen-bond donors (Lipinski definition) is 1. The third-order valence-corrected chi connectivity index (χ3v) is 7.03. The number of anilines is 1. The van der Waals surface area contributed by atoms with Crippen molar-refractivity contribution in [2.45, 2.75) is 26.2 Å². The van der Waals surface area contributed by atoms with Crippen molar-refractivity contribution in [2.75, 3.05) is 31.1 Å². The number of hydrogen-bond acceptors (Lipinski definition) is 4. The quantitative estimate of drug-likeness (QED) is 0.650. The van der Waals surface area contributed by atoms with Gasteiger partial charge in [-0.1, -0.05) is 30.3 Å². The van der Waals surface area contributed by atoms with Gasteiger partial charge < -0.3 is 10.6 Å². The second kappa shape index (κ2) is 8.58. The predicted octanol–water partition coefficient (Wildman–Crippen LogP) is 4.15. The fraction of sp³-hybridized carbons (Fsp3) is 0.333. The van der Waals surface area contributed by atoms with Crippen molar-refractivity contribution in [3.8, 4) is 0 Å². The minimum Gasteiger partial charge on any atom is -0.365 e. The van der Waals surface area contributed by atoms with E-state index in [1.54, 1.807) is 0 Å². The van der Waals surface area contributed by atoms with Gasteiger partial charge in [0, 0.05) is 29.4 Å². The standard InChI is InChI=1S/C24H27N3O2S/c1-3-27(18-8-6-7-16(2)13-18)21(28)15-26-12-11-17(14-26)22-19-9-4-5-10-20(19)30-23(22)24(25)29/h4-10,13,17H,3,11-12,14-15H2,1-2H3,(H2,25,29)/t17-/m0/s1. The molecule has 0 unspecified atom stereocenters. The lowest BCUT2D eigenvalue weighted by Crippen LogP contribution is -2.39. The minimum atomic E-state index is -0.364. The summed E-state index contributed by atoms with van der Waals surface area (Å²) in [6.45, 7) is 6.66. The van der Waals surface area contributed by atoms with Crippen molar-refractivity contribution >= 4 is 38.9 Å². The van der Waals surface area contributed by atoms with E-state index >= 15 is 0 Å². The molecule has 2 heterocycles. The molecule has 0 bridgehead atoms. The number of rotatable bonds is 6. The largest absolute Gasteiger partial charge is 0.365 e. The Hall–Kier alpha value is -2.70. The Balaban J connectivity index is 1.51. The van der Waals surface area contributed by atoms with Gasteiger partial charge in [0.05, 0.1) is 11.4 Å². The average molecular weight is 422 g/mol. The van der Waals surface area contributed by atoms with Crippen LogP contribution in [0.5, 0.6) is 0 Å². The van der Waals surface area contributed by atoms with E-state index in [1.807, 2.05) is 61.2 Å². The van der Waals surface area contributed by atoms with Gasteiger partial charge >= 0.3 is 0 Å². The van der Waals surface area contributed by atoms with Crippen molar-refractivity contribution in [3.63, 3.8) is 0 Å². The zero-order chi connectivity index (χ0) is 21.3. The van der Waals surface area contributed by atoms with E-state index in [2.05, 4.69) is 11.0 Å². The maximum absolute atomic E-state index is 13.0. The first kappa shape index (κ1) is 20.6. The summed E-state index contributed by atoms with van der Waals surface area (Å²) in [4.78, 5) is 29.8. The van der Waals surface area contributed by atoms with E-state index in [-0.39, 0.29) is 17.7 Å². The van der Waals surface area contributed by atoms with E-state index in [0.717, 1.165) is 46.4 Å². The van der Waals surface area contributed by atoms with Crippen LogP contribution in [0.2, 0.25) is 0 Å². The van der Waals surface area contributed by atoms with Crippen LogP contribution in [-0.4, -0.2) is 42.9 Å². The SMILES string of the molecule is CCN(C(=O)CN1CC[C@H](c2c(C(N)=O)sc3ccccc23)C1)c1cccc(C)c1. The number of carbonyl (C=O) groups excluding carboxylic acids is 2. The highest BCUT2D eigenvalue weighted by Crippen LogP contribution is 2.39. The van der Waals surface area contributed by atoms with Crippen LogP contribution >= 0.6 is 11.3 Å². The lowest BCUT2D eigenvalue weighted by molar-refractivity contribution is -0.119. The molecule has 6 heteroatoms. The molecule has 2 amide bonds. The summed E-state index contributed by atoms with van der Waals surface area (Å²) >= 11 is 1.47. The number of thiophene rings is 1. The van der Waals surface area contributed by atoms with Crippen molar-refractivity contribution < 1.29 is 9.59 Å². The first-order valence-electron chi connectivity index (χ1n) is 10.4. The molecule has 4 rings (SSSR count). The maximum Gasteiger partial charge on any atom is 0.259 e. The van der Waals surface area contributed by atoms with Crippen LogP contribution in [0.1, 0.15) is 40.1 Å². The molecule has 5 nitrogen and oxygen atoms in total. The van der Waals surface area contributed by atoms with E-state index in [9.17, 15) is 9.59 Å². The van der Waals surface area contributed by atoms with Crippen molar-refractivity contribution in [2.24, 2.45) is 5.73 Å². The van der Waals surface area contributed by atoms with Crippen molar-refractivity contribution in [1.82, 2.24) is 4.90 Å². The Morgan fingerprint density at radius 1 is 1.20 bits per heavy atom. The number of fused-ring (bicyclic) bond motifs is 1. The zero-order valence-corrected chi connectivity index (χ0v) is 18.2. The molecular weight excluding hydrogens is 394 g/mol. The van der Waals surface area contributed by atoms with Crippen LogP contribution in [0, 0.1) is 6.92 Å². The third-order valence-electron chi connectivity index (χ3n) is 5.83. The molecule has 2 N–H and O–H groups in total. The normalized spacial score (nSPS) is 16.8. The van der Waals surface area contributed by atoms with Crippen LogP contribution in [0.4, 0.5) is 5.69 Å². The molecule has 0 radical (unpaired) electrons. The number of aryl methyl sites for hydroxylation is 1. The van der Waals surface area contributed by atoms with Crippen LogP contribution < -0.4 is 10.6 Å². The number of primary amides is 1. The van der Waals surface area contributed by atoms with Gasteiger partial charge in [0.15, 0.2) is 0 Å². The molecule has 0 saturated carbocycles. The fourth-order valence-electron chi connectivity index (χ4n) is 4.44. The highest BCUT2D eigenvalue weighted by molar-refractivity contribution is 7.21. The summed E-state index contributed by atoms with van der Waals surface area (Å²) in [5.41, 5.74) is 8.84. The van der Waals surface area contributed by atoms with E-state index in [0.29, 0.717) is 18.0 Å². The monoisotopic (exact) mass is 421 g/mol. The number of amides is 2. The maximum atomic E-state index is 13.0. The summed E-state index contributed by atoms with van der Waals surface area (Å²) in [6.07, 6.45) is 0.921. The molecule has 3 aromatic rings. The Bertz CT molecular complexity index is 1090. The van der Waals surface area contributed by atoms with Gasteiger partial charge in [0.2, 0.25) is 5.91 Å². The number of nitrogens with zero attached hydrogens (tertiary/aromatic N) is 2. The highest BCUT2D eigenvalue weighted by Gasteiger charge is 2.31. The number of likely N-dealkylation sites (tertiary alicyclic amines) is 1. The second-order valence-corrected chi connectivity index (χ2v) is 8.96. The van der Waals surface area contributed by atoms with Gasteiger partial charge in [0.1, 0.15) is 0 Å². The zero-order valence-electron chi connectivity index (χ0n) is 17.4. The van der Waals surface area contributed by atoms with Gasteiger partial charge in [-0.2, -0.15) is 0 Å². The van der Waals surface area contributed by atoms with Crippen LogP contribution in [-0.2, 0) is 4.79 Å². The molecule has 2 aromatic carbocycles. The topological polar surface area (TPSA) is 66.6 Å². The average Bonchev–Trinajstić information content (AvgIpc) is 3.32. The molecule has 0 spiro atoms. The minimum absolute atomic E-state index is 0.106. The molecule has 1 aliphatic rings. The molecule has 1 saturated heterocycles. The Morgan fingerprint density at radius 3 is 2.73 bits per heavy atom. The van der Waals surface area contributed by atoms with Crippen LogP contribution in [0.25, 0.3) is 10.1 Å². The Kier molecular flexibility index (Phi) is 5.88. The molecule has 30 heavy (non-hydrogen) atoms. The second-order valence-electron chi connectivity index (χ2n) is 7.90. The van der Waals surface area contributed by atoms with Gasteiger partial charge in [-0.25, -0.2) is 0 Å². The van der Waals surface area contributed by atoms with E-state index < -0.39 is 0 Å². The lowest BCUT2D eigenvalue weighted by Gasteiger charge is -2.24. The summed E-state index contributed by atoms with van der Waals surface area (Å²) in [6, 6.07) is 16.1. The Morgan fingerprint density at radius 2 is 2.00 bits per heavy atom. The van der Waals surface area contributed by atoms with Crippen molar-refractivity contribution in [3.05, 3.63) is 64.5 Å². The van der Waals surface area contributed by atoms with Crippen molar-refractivity contribution in [1.29, 1.82) is 0 Å². The van der Waals surface area contributed by atoms with Gasteiger partial charge in [-0.3, -0.25) is 14.5 Å². The fourth-order valence-corrected chi connectivity index (χ4v) is 5.58. The van der Waals surface area contributed by atoms with Gasteiger partial charge in [-0.15, -0.1) is 11.3 Å². The molecule has 0 aliphatic carbocycles. The predicted molar refractivity (Wildman–Crippen MR) is 123 cm³/mol. The molecule has 1 fully saturated rings. The summed E-state index contributed by atoms with van der Waals surface area (Å²) in [5, 5.41) is 1.12. The lowest BCUT2D eigenvalue weighted by atomic mass is 9.95. The number of benzene rings is 2. The van der Waals surface area contributed by atoms with Gasteiger partial charge in [0.25, 0.3) is 5.91 Å². The first-order valence-corrected chi connectivity index (χ1v) is 11.2. The number of likely N-dealkylation sites (N-methyl/N-ethyl adjacent to an activating group) is 1. The molecule has 1 aliphatic heterocycles. The van der Waals surface area contributed by atoms with E-state index in [1.165, 1.54) is 11.3 Å². The highest BCUT2D eigenvalue weighted by atomic mass is 32.1. The summed E-state index contributed by atoms with van der Waals surface area (Å²) < 4.78 is 1.09. The smallest absolute Gasteiger partial charge is 0.259 e. The van der Waals surface area contributed by atoms with Crippen LogP contribution in [0.15, 0.2) is 48.5 Å². The molecular formula is C24H27N3O2S. The third kappa shape index (κ3) is 3.98.